The molecule has 0 spiro atoms. The van der Waals surface area contributed by atoms with Crippen molar-refractivity contribution in [2.24, 2.45) is 0 Å². The second kappa shape index (κ2) is 7.37. The van der Waals surface area contributed by atoms with Gasteiger partial charge >= 0.3 is 0 Å². The minimum Gasteiger partial charge on any atom is -0.371 e. The fourth-order valence-electron chi connectivity index (χ4n) is 2.15. The number of hydrogen-bond acceptors (Lipinski definition) is 3. The van der Waals surface area contributed by atoms with E-state index in [-0.39, 0.29) is 5.54 Å². The van der Waals surface area contributed by atoms with Gasteiger partial charge in [-0.15, -0.1) is 0 Å². The van der Waals surface area contributed by atoms with Crippen molar-refractivity contribution in [3.63, 3.8) is 0 Å². The molecule has 0 radical (unpaired) electrons. The lowest BCUT2D eigenvalue weighted by atomic mass is 10.0. The zero-order valence-electron chi connectivity index (χ0n) is 14.1. The van der Waals surface area contributed by atoms with Crippen LogP contribution in [0.15, 0.2) is 18.2 Å². The number of hydrogen-bond donors (Lipinski definition) is 1. The van der Waals surface area contributed by atoms with Crippen LogP contribution >= 0.6 is 11.8 Å². The third kappa shape index (κ3) is 5.37. The predicted octanol–water partition coefficient (Wildman–Crippen LogP) is 4.07. The molecule has 0 saturated carbocycles. The second-order valence-corrected chi connectivity index (χ2v) is 7.56. The molecule has 1 unspecified atom stereocenters. The molecule has 1 aromatic carbocycles. The van der Waals surface area contributed by atoms with Crippen molar-refractivity contribution in [1.82, 2.24) is 5.32 Å². The SMILES string of the molecule is CSCC(C)N(C)c1ccc(C)cc1CNC(C)(C)C. The maximum Gasteiger partial charge on any atom is 0.0412 e. The molecule has 0 heterocycles. The summed E-state index contributed by atoms with van der Waals surface area (Å²) in [7, 11) is 2.20. The van der Waals surface area contributed by atoms with Crippen LogP contribution in [0.1, 0.15) is 38.8 Å². The normalized spacial score (nSPS) is 13.3. The molecule has 1 aromatic rings. The van der Waals surface area contributed by atoms with E-state index in [0.29, 0.717) is 6.04 Å². The number of rotatable bonds is 6. The van der Waals surface area contributed by atoms with E-state index in [1.807, 2.05) is 11.8 Å². The molecule has 2 nitrogen and oxygen atoms in total. The van der Waals surface area contributed by atoms with E-state index in [4.69, 9.17) is 0 Å². The Kier molecular flexibility index (Phi) is 6.41. The second-order valence-electron chi connectivity index (χ2n) is 6.65. The zero-order chi connectivity index (χ0) is 15.3. The van der Waals surface area contributed by atoms with E-state index >= 15 is 0 Å². The number of thioether (sulfide) groups is 1. The van der Waals surface area contributed by atoms with Gasteiger partial charge in [0, 0.05) is 36.6 Å². The van der Waals surface area contributed by atoms with Gasteiger partial charge in [0.2, 0.25) is 0 Å². The summed E-state index contributed by atoms with van der Waals surface area (Å²) in [5.74, 6) is 1.15. The molecule has 0 aliphatic heterocycles. The average molecular weight is 295 g/mol. The van der Waals surface area contributed by atoms with Crippen molar-refractivity contribution < 1.29 is 0 Å². The first-order valence-electron chi connectivity index (χ1n) is 7.31. The molecule has 0 fully saturated rings. The predicted molar refractivity (Wildman–Crippen MR) is 94.0 cm³/mol. The Balaban J connectivity index is 2.94. The molecule has 1 atom stereocenters. The molecular weight excluding hydrogens is 264 g/mol. The summed E-state index contributed by atoms with van der Waals surface area (Å²) >= 11 is 1.90. The molecule has 0 aliphatic rings. The topological polar surface area (TPSA) is 15.3 Å². The third-order valence-electron chi connectivity index (χ3n) is 3.49. The Morgan fingerprint density at radius 3 is 2.50 bits per heavy atom. The van der Waals surface area contributed by atoms with Crippen LogP contribution in [0.3, 0.4) is 0 Å². The van der Waals surface area contributed by atoms with Crippen molar-refractivity contribution in [3.05, 3.63) is 29.3 Å². The summed E-state index contributed by atoms with van der Waals surface area (Å²) in [6, 6.07) is 7.31. The first kappa shape index (κ1) is 17.4. The molecule has 20 heavy (non-hydrogen) atoms. The summed E-state index contributed by atoms with van der Waals surface area (Å²) < 4.78 is 0. The molecule has 0 saturated heterocycles. The summed E-state index contributed by atoms with van der Waals surface area (Å²) in [6.07, 6.45) is 2.17. The molecule has 0 amide bonds. The Hall–Kier alpha value is -0.670. The van der Waals surface area contributed by atoms with Crippen LogP contribution in [0.4, 0.5) is 5.69 Å². The minimum atomic E-state index is 0.143. The fourth-order valence-corrected chi connectivity index (χ4v) is 2.86. The minimum absolute atomic E-state index is 0.143. The smallest absolute Gasteiger partial charge is 0.0412 e. The van der Waals surface area contributed by atoms with Gasteiger partial charge in [-0.1, -0.05) is 17.7 Å². The van der Waals surface area contributed by atoms with E-state index in [1.54, 1.807) is 0 Å². The van der Waals surface area contributed by atoms with Gasteiger partial charge in [0.15, 0.2) is 0 Å². The van der Waals surface area contributed by atoms with Gasteiger partial charge in [-0.3, -0.25) is 0 Å². The number of aryl methyl sites for hydroxylation is 1. The quantitative estimate of drug-likeness (QED) is 0.851. The molecule has 114 valence electrons. The Labute approximate surface area is 129 Å². The molecule has 1 N–H and O–H groups in total. The van der Waals surface area contributed by atoms with Gasteiger partial charge < -0.3 is 10.2 Å². The largest absolute Gasteiger partial charge is 0.371 e. The average Bonchev–Trinajstić information content (AvgIpc) is 2.35. The fraction of sp³-hybridized carbons (Fsp3) is 0.647. The molecule has 1 rings (SSSR count). The molecule has 3 heteroatoms. The zero-order valence-corrected chi connectivity index (χ0v) is 14.9. The van der Waals surface area contributed by atoms with Crippen molar-refractivity contribution in [3.8, 4) is 0 Å². The number of nitrogens with one attached hydrogen (secondary N) is 1. The van der Waals surface area contributed by atoms with Gasteiger partial charge in [-0.25, -0.2) is 0 Å². The van der Waals surface area contributed by atoms with E-state index in [9.17, 15) is 0 Å². The van der Waals surface area contributed by atoms with E-state index in [2.05, 4.69) is 76.3 Å². The summed E-state index contributed by atoms with van der Waals surface area (Å²) in [6.45, 7) is 12.0. The van der Waals surface area contributed by atoms with E-state index in [0.717, 1.165) is 12.3 Å². The monoisotopic (exact) mass is 294 g/mol. The summed E-state index contributed by atoms with van der Waals surface area (Å²) in [5.41, 5.74) is 4.19. The highest BCUT2D eigenvalue weighted by Crippen LogP contribution is 2.24. The van der Waals surface area contributed by atoms with Gasteiger partial charge in [0.25, 0.3) is 0 Å². The molecular formula is C17H30N2S. The van der Waals surface area contributed by atoms with Gasteiger partial charge in [0.05, 0.1) is 0 Å². The summed E-state index contributed by atoms with van der Waals surface area (Å²) in [4.78, 5) is 2.40. The van der Waals surface area contributed by atoms with Crippen molar-refractivity contribution >= 4 is 17.4 Å². The van der Waals surface area contributed by atoms with Crippen LogP contribution in [0.5, 0.6) is 0 Å². The van der Waals surface area contributed by atoms with E-state index < -0.39 is 0 Å². The van der Waals surface area contributed by atoms with Gasteiger partial charge in [0.1, 0.15) is 0 Å². The maximum absolute atomic E-state index is 3.60. The highest BCUT2D eigenvalue weighted by Gasteiger charge is 2.15. The van der Waals surface area contributed by atoms with Crippen molar-refractivity contribution in [2.45, 2.75) is 52.7 Å². The standard InChI is InChI=1S/C17H30N2S/c1-13-8-9-16(19(6)14(2)12-20-7)15(10-13)11-18-17(3,4)5/h8-10,14,18H,11-12H2,1-7H3. The third-order valence-corrected chi connectivity index (χ3v) is 4.31. The van der Waals surface area contributed by atoms with Crippen LogP contribution in [-0.2, 0) is 6.54 Å². The lowest BCUT2D eigenvalue weighted by Crippen LogP contribution is -2.36. The van der Waals surface area contributed by atoms with Crippen LogP contribution < -0.4 is 10.2 Å². The first-order valence-corrected chi connectivity index (χ1v) is 8.70. The van der Waals surface area contributed by atoms with Gasteiger partial charge in [-0.2, -0.15) is 11.8 Å². The Bertz CT molecular complexity index is 423. The number of benzene rings is 1. The highest BCUT2D eigenvalue weighted by molar-refractivity contribution is 7.98. The Morgan fingerprint density at radius 2 is 1.95 bits per heavy atom. The maximum atomic E-state index is 3.60. The molecule has 0 bridgehead atoms. The van der Waals surface area contributed by atoms with Gasteiger partial charge in [-0.05, 0) is 52.5 Å². The number of nitrogens with zero attached hydrogens (tertiary/aromatic N) is 1. The van der Waals surface area contributed by atoms with Crippen LogP contribution in [0.25, 0.3) is 0 Å². The first-order chi connectivity index (χ1) is 9.24. The lowest BCUT2D eigenvalue weighted by molar-refractivity contribution is 0.424. The number of anilines is 1. The highest BCUT2D eigenvalue weighted by atomic mass is 32.2. The van der Waals surface area contributed by atoms with Crippen LogP contribution in [-0.4, -0.2) is 30.6 Å². The van der Waals surface area contributed by atoms with Crippen LogP contribution in [0, 0.1) is 6.92 Å². The van der Waals surface area contributed by atoms with Crippen molar-refractivity contribution in [1.29, 1.82) is 0 Å². The van der Waals surface area contributed by atoms with Crippen LogP contribution in [0.2, 0.25) is 0 Å². The van der Waals surface area contributed by atoms with Crippen molar-refractivity contribution in [2.75, 3.05) is 24.0 Å². The Morgan fingerprint density at radius 1 is 1.30 bits per heavy atom. The summed E-state index contributed by atoms with van der Waals surface area (Å²) in [5, 5.41) is 3.60. The molecule has 0 aromatic heterocycles. The molecule has 0 aliphatic carbocycles. The lowest BCUT2D eigenvalue weighted by Gasteiger charge is -2.30. The van der Waals surface area contributed by atoms with E-state index in [1.165, 1.54) is 16.8 Å².